The van der Waals surface area contributed by atoms with E-state index in [0.29, 0.717) is 11.8 Å². The van der Waals surface area contributed by atoms with E-state index in [1.54, 1.807) is 11.8 Å². The molecule has 1 aliphatic carbocycles. The van der Waals surface area contributed by atoms with E-state index >= 15 is 0 Å². The average Bonchev–Trinajstić information content (AvgIpc) is 3.36. The van der Waals surface area contributed by atoms with Crippen LogP contribution in [0, 0.1) is 0 Å². The third-order valence-electron chi connectivity index (χ3n) is 4.83. The minimum absolute atomic E-state index is 0.113. The van der Waals surface area contributed by atoms with Crippen LogP contribution < -0.4 is 5.32 Å². The van der Waals surface area contributed by atoms with E-state index in [2.05, 4.69) is 33.0 Å². The van der Waals surface area contributed by atoms with Crippen molar-refractivity contribution in [2.24, 2.45) is 0 Å². The van der Waals surface area contributed by atoms with Crippen LogP contribution in [0.25, 0.3) is 0 Å². The van der Waals surface area contributed by atoms with Gasteiger partial charge in [-0.25, -0.2) is 0 Å². The van der Waals surface area contributed by atoms with Gasteiger partial charge in [-0.15, -0.1) is 0 Å². The number of hydrogen-bond donors (Lipinski definition) is 2. The van der Waals surface area contributed by atoms with E-state index < -0.39 is 12.0 Å². The molecule has 0 spiro atoms. The highest BCUT2D eigenvalue weighted by atomic mass is 16.4. The van der Waals surface area contributed by atoms with Gasteiger partial charge in [-0.1, -0.05) is 45.9 Å². The number of carboxylic acid groups (broad SMARTS) is 1. The van der Waals surface area contributed by atoms with Gasteiger partial charge in [0.1, 0.15) is 6.04 Å². The van der Waals surface area contributed by atoms with E-state index in [1.165, 1.54) is 0 Å². The Hall–Kier alpha value is -1.88. The lowest BCUT2D eigenvalue weighted by atomic mass is 9.92. The zero-order chi connectivity index (χ0) is 18.7. The molecule has 1 unspecified atom stereocenters. The van der Waals surface area contributed by atoms with Crippen molar-refractivity contribution in [3.8, 4) is 0 Å². The van der Waals surface area contributed by atoms with Crippen LogP contribution in [-0.4, -0.2) is 40.5 Å². The van der Waals surface area contributed by atoms with Crippen LogP contribution in [0.15, 0.2) is 18.2 Å². The fourth-order valence-corrected chi connectivity index (χ4v) is 3.17. The van der Waals surface area contributed by atoms with Crippen LogP contribution in [0.2, 0.25) is 0 Å². The summed E-state index contributed by atoms with van der Waals surface area (Å²) in [6.07, 6.45) is 1.93. The highest BCUT2D eigenvalue weighted by Crippen LogP contribution is 2.33. The largest absolute Gasteiger partial charge is 0.480 e. The smallest absolute Gasteiger partial charge is 0.320 e. The topological polar surface area (TPSA) is 69.6 Å². The summed E-state index contributed by atoms with van der Waals surface area (Å²) in [5.41, 5.74) is 3.11. The monoisotopic (exact) mass is 346 g/mol. The number of benzene rings is 1. The second kappa shape index (κ2) is 8.00. The Balaban J connectivity index is 2.20. The number of nitrogens with one attached hydrogen (secondary N) is 1. The molecular weight excluding hydrogens is 316 g/mol. The number of carbonyl (C=O) groups is 2. The van der Waals surface area contributed by atoms with Crippen LogP contribution in [0.5, 0.6) is 0 Å². The Morgan fingerprint density at radius 1 is 1.12 bits per heavy atom. The molecule has 1 amide bonds. The van der Waals surface area contributed by atoms with Crippen molar-refractivity contribution >= 4 is 17.6 Å². The Morgan fingerprint density at radius 2 is 1.64 bits per heavy atom. The summed E-state index contributed by atoms with van der Waals surface area (Å²) in [5.74, 6) is -0.432. The van der Waals surface area contributed by atoms with Crippen LogP contribution in [-0.2, 0) is 9.59 Å². The van der Waals surface area contributed by atoms with Crippen LogP contribution >= 0.6 is 0 Å². The third kappa shape index (κ3) is 4.82. The first kappa shape index (κ1) is 19.4. The summed E-state index contributed by atoms with van der Waals surface area (Å²) in [5, 5.41) is 12.4. The molecule has 0 heterocycles. The molecule has 0 aromatic heterocycles. The van der Waals surface area contributed by atoms with E-state index in [1.807, 2.05) is 18.2 Å². The minimum Gasteiger partial charge on any atom is -0.480 e. The summed E-state index contributed by atoms with van der Waals surface area (Å²) < 4.78 is 0. The molecule has 1 aromatic carbocycles. The Bertz CT molecular complexity index is 610. The molecule has 0 saturated heterocycles. The van der Waals surface area contributed by atoms with Gasteiger partial charge in [-0.3, -0.25) is 14.5 Å². The molecule has 1 atom stereocenters. The van der Waals surface area contributed by atoms with Gasteiger partial charge in [-0.2, -0.15) is 0 Å². The summed E-state index contributed by atoms with van der Waals surface area (Å²) in [4.78, 5) is 25.8. The fourth-order valence-electron chi connectivity index (χ4n) is 3.17. The molecule has 25 heavy (non-hydrogen) atoms. The number of amides is 1. The summed E-state index contributed by atoms with van der Waals surface area (Å²) in [7, 11) is 0. The van der Waals surface area contributed by atoms with Crippen molar-refractivity contribution in [2.45, 2.75) is 71.4 Å². The number of para-hydroxylation sites is 1. The Morgan fingerprint density at radius 3 is 2.04 bits per heavy atom. The van der Waals surface area contributed by atoms with Gasteiger partial charge in [0.15, 0.2) is 0 Å². The van der Waals surface area contributed by atoms with Gasteiger partial charge in [0, 0.05) is 11.7 Å². The number of anilines is 1. The second-order valence-corrected chi connectivity index (χ2v) is 7.59. The number of aliphatic carboxylic acids is 1. The SMILES string of the molecule is CC(C)c1cccc(C(C)C)c1NC(=O)CN(C1CC1)C(C)C(=O)O. The van der Waals surface area contributed by atoms with Gasteiger partial charge >= 0.3 is 5.97 Å². The van der Waals surface area contributed by atoms with Crippen molar-refractivity contribution in [3.63, 3.8) is 0 Å². The van der Waals surface area contributed by atoms with Crippen molar-refractivity contribution in [1.29, 1.82) is 0 Å². The van der Waals surface area contributed by atoms with Crippen molar-refractivity contribution in [2.75, 3.05) is 11.9 Å². The van der Waals surface area contributed by atoms with Gasteiger partial charge in [0.25, 0.3) is 0 Å². The first-order chi connectivity index (χ1) is 11.7. The summed E-state index contributed by atoms with van der Waals surface area (Å²) in [6, 6.07) is 5.68. The molecule has 5 heteroatoms. The molecule has 5 nitrogen and oxygen atoms in total. The van der Waals surface area contributed by atoms with E-state index in [9.17, 15) is 14.7 Å². The Labute approximate surface area is 150 Å². The minimum atomic E-state index is -0.884. The summed E-state index contributed by atoms with van der Waals surface area (Å²) >= 11 is 0. The predicted octanol–water partition coefficient (Wildman–Crippen LogP) is 3.81. The first-order valence-corrected chi connectivity index (χ1v) is 9.13. The third-order valence-corrected chi connectivity index (χ3v) is 4.83. The molecule has 2 rings (SSSR count). The molecule has 1 aromatic rings. The molecular formula is C20H30N2O3. The fraction of sp³-hybridized carbons (Fsp3) is 0.600. The van der Waals surface area contributed by atoms with Crippen molar-refractivity contribution in [3.05, 3.63) is 29.3 Å². The van der Waals surface area contributed by atoms with Crippen molar-refractivity contribution in [1.82, 2.24) is 4.90 Å². The lowest BCUT2D eigenvalue weighted by molar-refractivity contribution is -0.143. The number of carboxylic acids is 1. The number of carbonyl (C=O) groups excluding carboxylic acids is 1. The number of rotatable bonds is 8. The highest BCUT2D eigenvalue weighted by Gasteiger charge is 2.36. The van der Waals surface area contributed by atoms with E-state index in [-0.39, 0.29) is 18.5 Å². The van der Waals surface area contributed by atoms with Crippen LogP contribution in [0.1, 0.15) is 70.4 Å². The Kier molecular flexibility index (Phi) is 6.22. The molecule has 1 saturated carbocycles. The zero-order valence-corrected chi connectivity index (χ0v) is 15.9. The molecule has 1 aliphatic rings. The zero-order valence-electron chi connectivity index (χ0n) is 15.9. The lowest BCUT2D eigenvalue weighted by Gasteiger charge is -2.26. The van der Waals surface area contributed by atoms with Gasteiger partial charge < -0.3 is 10.4 Å². The van der Waals surface area contributed by atoms with Gasteiger partial charge in [-0.05, 0) is 42.7 Å². The maximum atomic E-state index is 12.7. The standard InChI is InChI=1S/C20H30N2O3/c1-12(2)16-7-6-8-17(13(3)4)19(16)21-18(23)11-22(15-9-10-15)14(5)20(24)25/h6-8,12-15H,9-11H2,1-5H3,(H,21,23)(H,24,25). The summed E-state index contributed by atoms with van der Waals surface area (Å²) in [6.45, 7) is 10.2. The van der Waals surface area contributed by atoms with E-state index in [4.69, 9.17) is 0 Å². The second-order valence-electron chi connectivity index (χ2n) is 7.59. The van der Waals surface area contributed by atoms with Gasteiger partial charge in [0.05, 0.1) is 6.54 Å². The maximum absolute atomic E-state index is 12.7. The molecule has 2 N–H and O–H groups in total. The number of hydrogen-bond acceptors (Lipinski definition) is 3. The quantitative estimate of drug-likeness (QED) is 0.751. The number of nitrogens with zero attached hydrogens (tertiary/aromatic N) is 1. The van der Waals surface area contributed by atoms with E-state index in [0.717, 1.165) is 29.7 Å². The van der Waals surface area contributed by atoms with Crippen LogP contribution in [0.3, 0.4) is 0 Å². The van der Waals surface area contributed by atoms with Crippen molar-refractivity contribution < 1.29 is 14.7 Å². The first-order valence-electron chi connectivity index (χ1n) is 9.13. The molecule has 0 bridgehead atoms. The van der Waals surface area contributed by atoms with Gasteiger partial charge in [0.2, 0.25) is 5.91 Å². The highest BCUT2D eigenvalue weighted by molar-refractivity contribution is 5.94. The average molecular weight is 346 g/mol. The lowest BCUT2D eigenvalue weighted by Crippen LogP contribution is -2.45. The van der Waals surface area contributed by atoms with Crippen LogP contribution in [0.4, 0.5) is 5.69 Å². The normalized spacial score (nSPS) is 15.7. The molecule has 1 fully saturated rings. The molecule has 0 radical (unpaired) electrons. The molecule has 138 valence electrons. The predicted molar refractivity (Wildman–Crippen MR) is 100 cm³/mol. The molecule has 0 aliphatic heterocycles. The maximum Gasteiger partial charge on any atom is 0.320 e.